The monoisotopic (exact) mass is 507 g/mol. The first-order chi connectivity index (χ1) is 16.5. The Bertz CT molecular complexity index is 1120. The van der Waals surface area contributed by atoms with E-state index in [1.807, 2.05) is 0 Å². The van der Waals surface area contributed by atoms with Gasteiger partial charge in [-0.2, -0.15) is 0 Å². The van der Waals surface area contributed by atoms with Gasteiger partial charge in [0.1, 0.15) is 11.3 Å². The maximum atomic E-state index is 13.2. The molecule has 0 amide bonds. The number of aryl methyl sites for hydroxylation is 1. The predicted octanol–water partition coefficient (Wildman–Crippen LogP) is 3.78. The quantitative estimate of drug-likeness (QED) is 0.474. The van der Waals surface area contributed by atoms with Gasteiger partial charge in [0, 0.05) is 30.4 Å². The van der Waals surface area contributed by atoms with Crippen LogP contribution in [0, 0.1) is 13.8 Å². The number of Topliss-reactive ketones (excluding diaryl/α,β-unsaturated/α-hetero) is 2. The molecule has 1 N–H and O–H groups in total. The largest absolute Gasteiger partial charge is 0.511 e. The summed E-state index contributed by atoms with van der Waals surface area (Å²) in [6.45, 7) is 14.1. The molecule has 1 saturated heterocycles. The van der Waals surface area contributed by atoms with Crippen LogP contribution in [0.25, 0.3) is 0 Å². The lowest BCUT2D eigenvalue weighted by atomic mass is 9.85. The molecule has 2 aliphatic heterocycles. The summed E-state index contributed by atoms with van der Waals surface area (Å²) in [7, 11) is -3.55. The van der Waals surface area contributed by atoms with Gasteiger partial charge < -0.3 is 19.5 Å². The van der Waals surface area contributed by atoms with Gasteiger partial charge in [-0.15, -0.1) is 0 Å². The van der Waals surface area contributed by atoms with Crippen LogP contribution in [0.5, 0.6) is 0 Å². The first-order valence-corrected chi connectivity index (χ1v) is 14.1. The van der Waals surface area contributed by atoms with E-state index in [2.05, 4.69) is 25.7 Å². The number of sulfone groups is 1. The van der Waals surface area contributed by atoms with E-state index in [4.69, 9.17) is 9.47 Å². The Kier molecular flexibility index (Phi) is 8.57. The molecule has 1 aliphatic carbocycles. The van der Waals surface area contributed by atoms with Crippen LogP contribution >= 0.6 is 0 Å². The Morgan fingerprint density at radius 2 is 1.69 bits per heavy atom. The minimum absolute atomic E-state index is 0.0992. The maximum absolute atomic E-state index is 13.2. The number of carbonyl (C=O) groups is 2. The molecule has 9 heteroatoms. The lowest BCUT2D eigenvalue weighted by Crippen LogP contribution is -2.38. The Balaban J connectivity index is 0.000000429. The van der Waals surface area contributed by atoms with E-state index >= 15 is 0 Å². The number of ether oxygens (including phenoxy) is 2. The molecular formula is C26H37NO7S. The third-order valence-electron chi connectivity index (χ3n) is 7.07. The highest BCUT2D eigenvalue weighted by molar-refractivity contribution is 7.91. The fourth-order valence-corrected chi connectivity index (χ4v) is 7.03. The van der Waals surface area contributed by atoms with Crippen LogP contribution in [0.1, 0.15) is 73.5 Å². The van der Waals surface area contributed by atoms with Crippen LogP contribution in [0.2, 0.25) is 0 Å². The molecule has 1 aromatic rings. The molecular weight excluding hydrogens is 470 g/mol. The number of carbonyl (C=O) groups excluding carboxylic acids is 2. The Morgan fingerprint density at radius 1 is 1.09 bits per heavy atom. The normalized spacial score (nSPS) is 20.6. The molecule has 1 spiro atoms. The van der Waals surface area contributed by atoms with Crippen LogP contribution in [0.3, 0.4) is 0 Å². The van der Waals surface area contributed by atoms with Gasteiger partial charge in [0.25, 0.3) is 0 Å². The third-order valence-corrected chi connectivity index (χ3v) is 8.96. The summed E-state index contributed by atoms with van der Waals surface area (Å²) in [4.78, 5) is 28.0. The van der Waals surface area contributed by atoms with Crippen LogP contribution in [-0.2, 0) is 29.9 Å². The van der Waals surface area contributed by atoms with Crippen LogP contribution < -0.4 is 0 Å². The van der Waals surface area contributed by atoms with Gasteiger partial charge >= 0.3 is 0 Å². The zero-order chi connectivity index (χ0) is 26.0. The molecule has 0 aromatic heterocycles. The van der Waals surface area contributed by atoms with Crippen molar-refractivity contribution in [2.75, 3.05) is 38.6 Å². The highest BCUT2D eigenvalue weighted by Gasteiger charge is 2.49. The van der Waals surface area contributed by atoms with Crippen LogP contribution in [0.4, 0.5) is 0 Å². The van der Waals surface area contributed by atoms with Gasteiger partial charge in [-0.25, -0.2) is 8.42 Å². The van der Waals surface area contributed by atoms with E-state index in [1.165, 1.54) is 25.7 Å². The second kappa shape index (κ2) is 10.9. The molecule has 4 rings (SSSR count). The summed E-state index contributed by atoms with van der Waals surface area (Å²) in [5, 5.41) is 10.2. The number of aliphatic hydroxyl groups excluding tert-OH is 1. The Hall–Kier alpha value is -2.07. The number of aliphatic hydroxyl groups is 1. The summed E-state index contributed by atoms with van der Waals surface area (Å²) in [5.41, 5.74) is 1.17. The van der Waals surface area contributed by atoms with Crippen molar-refractivity contribution < 1.29 is 32.6 Å². The van der Waals surface area contributed by atoms with Crippen molar-refractivity contribution in [1.82, 2.24) is 4.90 Å². The zero-order valence-electron chi connectivity index (χ0n) is 21.4. The Labute approximate surface area is 208 Å². The number of fused-ring (bicyclic) bond motifs is 2. The summed E-state index contributed by atoms with van der Waals surface area (Å²) in [6, 6.07) is 1.49. The van der Waals surface area contributed by atoms with Crippen molar-refractivity contribution >= 4 is 21.4 Å². The molecule has 2 heterocycles. The second-order valence-corrected chi connectivity index (χ2v) is 11.2. The number of allylic oxidation sites excluding steroid dienone is 2. The summed E-state index contributed by atoms with van der Waals surface area (Å²) in [6.07, 6.45) is 1.14. The molecule has 1 fully saturated rings. The van der Waals surface area contributed by atoms with Gasteiger partial charge in [-0.05, 0) is 57.1 Å². The van der Waals surface area contributed by atoms with Crippen molar-refractivity contribution in [3.63, 3.8) is 0 Å². The minimum atomic E-state index is -3.55. The van der Waals surface area contributed by atoms with Gasteiger partial charge in [0.15, 0.2) is 27.2 Å². The highest BCUT2D eigenvalue weighted by atomic mass is 32.2. The Morgan fingerprint density at radius 3 is 2.20 bits per heavy atom. The first-order valence-electron chi connectivity index (χ1n) is 12.4. The molecule has 35 heavy (non-hydrogen) atoms. The SMILES string of the molecule is CCN(CC)CC.Cc1cc(C(=O)C2=C(O)CCCC2=O)c(C)c2c1S(=O)(=O)CCC21OCCO1. The van der Waals surface area contributed by atoms with Crippen molar-refractivity contribution in [3.8, 4) is 0 Å². The van der Waals surface area contributed by atoms with Crippen molar-refractivity contribution in [2.24, 2.45) is 0 Å². The fraction of sp³-hybridized carbons (Fsp3) is 0.615. The van der Waals surface area contributed by atoms with E-state index < -0.39 is 21.4 Å². The predicted molar refractivity (Wildman–Crippen MR) is 132 cm³/mol. The van der Waals surface area contributed by atoms with Crippen molar-refractivity contribution in [3.05, 3.63) is 39.7 Å². The first kappa shape index (κ1) is 27.5. The van der Waals surface area contributed by atoms with Crippen molar-refractivity contribution in [2.45, 2.75) is 71.0 Å². The van der Waals surface area contributed by atoms with E-state index in [0.717, 1.165) is 0 Å². The number of rotatable bonds is 5. The van der Waals surface area contributed by atoms with Crippen LogP contribution in [-0.4, -0.2) is 68.6 Å². The van der Waals surface area contributed by atoms with E-state index in [-0.39, 0.29) is 52.6 Å². The van der Waals surface area contributed by atoms with Gasteiger partial charge in [0.05, 0.1) is 23.9 Å². The van der Waals surface area contributed by atoms with E-state index in [0.29, 0.717) is 36.3 Å². The van der Waals surface area contributed by atoms with E-state index in [9.17, 15) is 23.1 Å². The van der Waals surface area contributed by atoms with Crippen LogP contribution in [0.15, 0.2) is 22.3 Å². The lowest BCUT2D eigenvalue weighted by Gasteiger charge is -2.36. The molecule has 8 nitrogen and oxygen atoms in total. The smallest absolute Gasteiger partial charge is 0.200 e. The number of hydrogen-bond acceptors (Lipinski definition) is 8. The number of ketones is 2. The van der Waals surface area contributed by atoms with Crippen molar-refractivity contribution in [1.29, 1.82) is 0 Å². The molecule has 0 bridgehead atoms. The maximum Gasteiger partial charge on any atom is 0.200 e. The zero-order valence-corrected chi connectivity index (χ0v) is 22.2. The molecule has 0 unspecified atom stereocenters. The standard InChI is InChI=1S/C20H22O7S.C6H15N/c1-11-10-13(18(23)16-14(21)4-3-5-15(16)22)12(2)17-19(11)28(24,25)9-6-20(17)26-7-8-27-20;1-4-7(5-2)6-3/h10,21H,3-9H2,1-2H3;4-6H2,1-3H3. The summed E-state index contributed by atoms with van der Waals surface area (Å²) in [5.74, 6) is -2.47. The number of nitrogens with zero attached hydrogens (tertiary/aromatic N) is 1. The fourth-order valence-electron chi connectivity index (χ4n) is 5.12. The summed E-state index contributed by atoms with van der Waals surface area (Å²) < 4.78 is 37.2. The third kappa shape index (κ3) is 5.23. The van der Waals surface area contributed by atoms with Gasteiger partial charge in [0.2, 0.25) is 0 Å². The number of hydrogen-bond donors (Lipinski definition) is 1. The topological polar surface area (TPSA) is 110 Å². The average molecular weight is 508 g/mol. The summed E-state index contributed by atoms with van der Waals surface area (Å²) >= 11 is 0. The molecule has 0 radical (unpaired) electrons. The molecule has 194 valence electrons. The molecule has 0 atom stereocenters. The second-order valence-electron chi connectivity index (χ2n) is 9.14. The minimum Gasteiger partial charge on any atom is -0.511 e. The average Bonchev–Trinajstić information content (AvgIpc) is 3.29. The van der Waals surface area contributed by atoms with Gasteiger partial charge in [-0.1, -0.05) is 20.8 Å². The van der Waals surface area contributed by atoms with E-state index in [1.54, 1.807) is 13.8 Å². The molecule has 3 aliphatic rings. The molecule has 0 saturated carbocycles. The number of benzene rings is 1. The molecule has 1 aromatic carbocycles. The lowest BCUT2D eigenvalue weighted by molar-refractivity contribution is -0.170. The highest BCUT2D eigenvalue weighted by Crippen LogP contribution is 2.47. The van der Waals surface area contributed by atoms with Gasteiger partial charge in [-0.3, -0.25) is 9.59 Å².